The number of carbonyl (C=O) groups is 2. The van der Waals surface area contributed by atoms with Crippen LogP contribution in [-0.2, 0) is 9.59 Å². The van der Waals surface area contributed by atoms with E-state index < -0.39 is 0 Å². The van der Waals surface area contributed by atoms with Crippen molar-refractivity contribution >= 4 is 52.0 Å². The topological polar surface area (TPSA) is 53.1 Å². The molecule has 1 aromatic heterocycles. The second-order valence-electron chi connectivity index (χ2n) is 9.13. The van der Waals surface area contributed by atoms with Crippen LogP contribution >= 0.6 is 34.5 Å². The molecule has 5 rings (SSSR count). The summed E-state index contributed by atoms with van der Waals surface area (Å²) in [5.74, 6) is -0.00919. The molecule has 0 radical (unpaired) electrons. The van der Waals surface area contributed by atoms with Crippen LogP contribution in [0.2, 0.25) is 10.0 Å². The van der Waals surface area contributed by atoms with E-state index in [1.165, 1.54) is 22.6 Å². The maximum absolute atomic E-state index is 13.6. The fourth-order valence-electron chi connectivity index (χ4n) is 4.76. The van der Waals surface area contributed by atoms with Crippen LogP contribution in [0.5, 0.6) is 5.75 Å². The summed E-state index contributed by atoms with van der Waals surface area (Å²) < 4.78 is 5.53. The minimum Gasteiger partial charge on any atom is -0.482 e. The first-order chi connectivity index (χ1) is 17.4. The number of rotatable bonds is 7. The number of hydrogen-bond donors (Lipinski definition) is 0. The predicted molar refractivity (Wildman–Crippen MR) is 145 cm³/mol. The Morgan fingerprint density at radius 1 is 1.11 bits per heavy atom. The molecule has 9 heteroatoms. The van der Waals surface area contributed by atoms with E-state index in [9.17, 15) is 9.59 Å². The van der Waals surface area contributed by atoms with Crippen molar-refractivity contribution in [2.45, 2.75) is 18.9 Å². The molecule has 1 fully saturated rings. The molecule has 0 bridgehead atoms. The number of hydrogen-bond acceptors (Lipinski definition) is 5. The van der Waals surface area contributed by atoms with Crippen LogP contribution in [0.25, 0.3) is 10.4 Å². The van der Waals surface area contributed by atoms with Gasteiger partial charge in [0.05, 0.1) is 21.8 Å². The molecular weight excluding hydrogens is 517 g/mol. The quantitative estimate of drug-likeness (QED) is 0.381. The first kappa shape index (κ1) is 25.1. The van der Waals surface area contributed by atoms with E-state index >= 15 is 0 Å². The first-order valence-electron chi connectivity index (χ1n) is 11.9. The zero-order chi connectivity index (χ0) is 25.2. The van der Waals surface area contributed by atoms with Gasteiger partial charge in [-0.1, -0.05) is 53.5 Å². The number of benzene rings is 2. The van der Waals surface area contributed by atoms with Crippen LogP contribution in [-0.4, -0.2) is 61.4 Å². The lowest BCUT2D eigenvalue weighted by atomic mass is 10.0. The van der Waals surface area contributed by atoms with E-state index in [2.05, 4.69) is 40.6 Å². The number of carbonyl (C=O) groups excluding carboxylic acids is 2. The molecule has 188 valence electrons. The minimum absolute atomic E-state index is 0.104. The van der Waals surface area contributed by atoms with Crippen molar-refractivity contribution < 1.29 is 14.3 Å². The molecule has 3 aromatic rings. The van der Waals surface area contributed by atoms with E-state index in [1.807, 2.05) is 13.1 Å². The molecule has 0 spiro atoms. The van der Waals surface area contributed by atoms with Gasteiger partial charge in [-0.15, -0.1) is 11.3 Å². The number of anilines is 1. The zero-order valence-electron chi connectivity index (χ0n) is 20.0. The molecule has 2 aromatic carbocycles. The third-order valence-corrected chi connectivity index (χ3v) is 8.47. The predicted octanol–water partition coefficient (Wildman–Crippen LogP) is 5.74. The van der Waals surface area contributed by atoms with Crippen molar-refractivity contribution in [1.29, 1.82) is 0 Å². The highest BCUT2D eigenvalue weighted by Crippen LogP contribution is 2.39. The molecule has 2 amide bonds. The number of ether oxygens (including phenoxy) is 1. The molecule has 1 atom stereocenters. The van der Waals surface area contributed by atoms with Crippen molar-refractivity contribution in [3.63, 3.8) is 0 Å². The zero-order valence-corrected chi connectivity index (χ0v) is 22.3. The van der Waals surface area contributed by atoms with Crippen molar-refractivity contribution in [1.82, 2.24) is 9.80 Å². The van der Waals surface area contributed by atoms with E-state index in [1.54, 1.807) is 28.4 Å². The lowest BCUT2D eigenvalue weighted by molar-refractivity contribution is -0.133. The number of halogens is 2. The monoisotopic (exact) mass is 543 g/mol. The van der Waals surface area contributed by atoms with Gasteiger partial charge in [-0.2, -0.15) is 0 Å². The standard InChI is InChI=1S/C27H27Cl2N3O3S/c1-30(26(33)16-32-22-13-20(28)21(29)14-24(22)35-17-27(32)34)23(15-31-10-2-3-11-31)18-6-8-19(9-7-18)25-5-4-12-36-25/h4-9,12-14,23H,2-3,10-11,15-17H2,1H3. The van der Waals surface area contributed by atoms with Gasteiger partial charge in [0, 0.05) is 24.5 Å². The van der Waals surface area contributed by atoms with E-state index in [0.29, 0.717) is 21.5 Å². The third-order valence-electron chi connectivity index (χ3n) is 6.83. The van der Waals surface area contributed by atoms with Gasteiger partial charge in [0.15, 0.2) is 6.61 Å². The average Bonchev–Trinajstić information content (AvgIpc) is 3.60. The summed E-state index contributed by atoms with van der Waals surface area (Å²) >= 11 is 14.0. The van der Waals surface area contributed by atoms with Gasteiger partial charge in [0.25, 0.3) is 5.91 Å². The lowest BCUT2D eigenvalue weighted by Gasteiger charge is -2.35. The fourth-order valence-corrected chi connectivity index (χ4v) is 5.81. The molecular formula is C27H27Cl2N3O3S. The largest absolute Gasteiger partial charge is 0.482 e. The molecule has 0 N–H and O–H groups in total. The minimum atomic E-state index is -0.293. The highest BCUT2D eigenvalue weighted by Gasteiger charge is 2.32. The summed E-state index contributed by atoms with van der Waals surface area (Å²) in [7, 11) is 1.82. The summed E-state index contributed by atoms with van der Waals surface area (Å²) in [5.41, 5.74) is 2.69. The van der Waals surface area contributed by atoms with Crippen molar-refractivity contribution in [2.24, 2.45) is 0 Å². The number of thiophene rings is 1. The smallest absolute Gasteiger partial charge is 0.265 e. The van der Waals surface area contributed by atoms with Crippen molar-refractivity contribution in [2.75, 3.05) is 44.7 Å². The Bertz CT molecular complexity index is 1240. The Kier molecular flexibility index (Phi) is 7.53. The third kappa shape index (κ3) is 5.25. The molecule has 2 aliphatic rings. The van der Waals surface area contributed by atoms with E-state index in [4.69, 9.17) is 27.9 Å². The SMILES string of the molecule is CN(C(=O)CN1C(=O)COc2cc(Cl)c(Cl)cc21)C(CN1CCCC1)c1ccc(-c2cccs2)cc1. The lowest BCUT2D eigenvalue weighted by Crippen LogP contribution is -2.47. The fraction of sp³-hybridized carbons (Fsp3) is 0.333. The average molecular weight is 545 g/mol. The Morgan fingerprint density at radius 2 is 1.83 bits per heavy atom. The van der Waals surface area contributed by atoms with Crippen LogP contribution < -0.4 is 9.64 Å². The van der Waals surface area contributed by atoms with Crippen molar-refractivity contribution in [3.05, 3.63) is 69.5 Å². The van der Waals surface area contributed by atoms with Crippen LogP contribution in [0.15, 0.2) is 53.9 Å². The van der Waals surface area contributed by atoms with Gasteiger partial charge in [0.2, 0.25) is 5.91 Å². The molecule has 3 heterocycles. The van der Waals surface area contributed by atoms with Crippen LogP contribution in [0.1, 0.15) is 24.4 Å². The van der Waals surface area contributed by atoms with E-state index in [0.717, 1.165) is 30.8 Å². The summed E-state index contributed by atoms with van der Waals surface area (Å²) in [6.07, 6.45) is 2.34. The second kappa shape index (κ2) is 10.8. The second-order valence-corrected chi connectivity index (χ2v) is 10.9. The van der Waals surface area contributed by atoms with Crippen LogP contribution in [0.3, 0.4) is 0 Å². The van der Waals surface area contributed by atoms with Gasteiger partial charge in [-0.3, -0.25) is 14.5 Å². The van der Waals surface area contributed by atoms with Crippen LogP contribution in [0, 0.1) is 0 Å². The van der Waals surface area contributed by atoms with E-state index in [-0.39, 0.29) is 31.0 Å². The maximum Gasteiger partial charge on any atom is 0.265 e. The Balaban J connectivity index is 1.39. The van der Waals surface area contributed by atoms with Gasteiger partial charge < -0.3 is 14.5 Å². The Hall–Kier alpha value is -2.58. The van der Waals surface area contributed by atoms with Crippen LogP contribution in [0.4, 0.5) is 5.69 Å². The molecule has 36 heavy (non-hydrogen) atoms. The molecule has 1 unspecified atom stereocenters. The summed E-state index contributed by atoms with van der Waals surface area (Å²) in [6, 6.07) is 15.6. The van der Waals surface area contributed by atoms with Gasteiger partial charge in [-0.25, -0.2) is 0 Å². The number of amides is 2. The molecule has 2 aliphatic heterocycles. The molecule has 0 saturated carbocycles. The Labute approximate surface area is 225 Å². The number of likely N-dealkylation sites (tertiary alicyclic amines) is 1. The first-order valence-corrected chi connectivity index (χ1v) is 13.6. The summed E-state index contributed by atoms with van der Waals surface area (Å²) in [6.45, 7) is 2.55. The van der Waals surface area contributed by atoms with Gasteiger partial charge >= 0.3 is 0 Å². The summed E-state index contributed by atoms with van der Waals surface area (Å²) in [5, 5.41) is 2.71. The number of likely N-dealkylation sites (N-methyl/N-ethyl adjacent to an activating group) is 1. The van der Waals surface area contributed by atoms with Gasteiger partial charge in [0.1, 0.15) is 12.3 Å². The molecule has 1 saturated heterocycles. The molecule has 6 nitrogen and oxygen atoms in total. The highest BCUT2D eigenvalue weighted by molar-refractivity contribution is 7.13. The van der Waals surface area contributed by atoms with Crippen molar-refractivity contribution in [3.8, 4) is 16.2 Å². The highest BCUT2D eigenvalue weighted by atomic mass is 35.5. The summed E-state index contributed by atoms with van der Waals surface area (Å²) in [4.78, 5) is 33.1. The maximum atomic E-state index is 13.6. The molecule has 0 aliphatic carbocycles. The number of fused-ring (bicyclic) bond motifs is 1. The normalized spacial score (nSPS) is 16.5. The van der Waals surface area contributed by atoms with Gasteiger partial charge in [-0.05, 0) is 54.6 Å². The number of nitrogens with zero attached hydrogens (tertiary/aromatic N) is 3. The Morgan fingerprint density at radius 3 is 2.53 bits per heavy atom.